The molecule has 1 N–H and O–H groups in total. The third-order valence-corrected chi connectivity index (χ3v) is 4.29. The molecule has 0 aromatic heterocycles. The molecule has 110 valence electrons. The van der Waals surface area contributed by atoms with Crippen molar-refractivity contribution in [2.75, 3.05) is 13.1 Å². The number of carbonyl (C=O) groups is 1. The van der Waals surface area contributed by atoms with Gasteiger partial charge in [-0.2, -0.15) is 0 Å². The molecule has 0 aliphatic carbocycles. The minimum absolute atomic E-state index is 0.159. The molecule has 0 aromatic carbocycles. The molecule has 2 saturated heterocycles. The second-order valence-corrected chi connectivity index (χ2v) is 7.24. The van der Waals surface area contributed by atoms with Crippen molar-refractivity contribution in [1.82, 2.24) is 10.2 Å². The molecule has 4 nitrogen and oxygen atoms in total. The Morgan fingerprint density at radius 1 is 1.21 bits per heavy atom. The first kappa shape index (κ1) is 14.6. The van der Waals surface area contributed by atoms with Gasteiger partial charge in [-0.1, -0.05) is 0 Å². The van der Waals surface area contributed by atoms with E-state index in [4.69, 9.17) is 4.74 Å². The fraction of sp³-hybridized carbons (Fsp3) is 0.933. The second-order valence-electron chi connectivity index (χ2n) is 7.24. The molecule has 3 atom stereocenters. The first-order valence-corrected chi connectivity index (χ1v) is 7.50. The van der Waals surface area contributed by atoms with E-state index < -0.39 is 5.60 Å². The highest BCUT2D eigenvalue weighted by Crippen LogP contribution is 2.33. The van der Waals surface area contributed by atoms with Crippen molar-refractivity contribution < 1.29 is 9.53 Å². The fourth-order valence-corrected chi connectivity index (χ4v) is 3.25. The third-order valence-electron chi connectivity index (χ3n) is 4.29. The molecule has 0 saturated carbocycles. The van der Waals surface area contributed by atoms with E-state index in [-0.39, 0.29) is 6.09 Å². The lowest BCUT2D eigenvalue weighted by Gasteiger charge is -2.47. The number of piperidine rings is 1. The normalized spacial score (nSPS) is 32.9. The summed E-state index contributed by atoms with van der Waals surface area (Å²) in [6.45, 7) is 12.0. The average Bonchev–Trinajstić information content (AvgIpc) is 2.16. The number of carbonyl (C=O) groups excluding carboxylic acids is 1. The van der Waals surface area contributed by atoms with E-state index in [0.29, 0.717) is 23.9 Å². The molecule has 0 spiro atoms. The van der Waals surface area contributed by atoms with Crippen molar-refractivity contribution in [2.24, 2.45) is 11.8 Å². The van der Waals surface area contributed by atoms with Crippen LogP contribution >= 0.6 is 0 Å². The van der Waals surface area contributed by atoms with Gasteiger partial charge >= 0.3 is 6.09 Å². The van der Waals surface area contributed by atoms with Crippen LogP contribution in [0.25, 0.3) is 0 Å². The van der Waals surface area contributed by atoms with Gasteiger partial charge in [0.05, 0.1) is 0 Å². The Bertz CT molecular complexity index is 332. The number of ether oxygens (including phenoxy) is 1. The molecule has 2 aliphatic rings. The van der Waals surface area contributed by atoms with E-state index in [1.54, 1.807) is 0 Å². The Hall–Kier alpha value is -0.770. The zero-order valence-corrected chi connectivity index (χ0v) is 12.9. The third kappa shape index (κ3) is 3.62. The van der Waals surface area contributed by atoms with Gasteiger partial charge in [0.25, 0.3) is 0 Å². The molecule has 0 radical (unpaired) electrons. The van der Waals surface area contributed by atoms with Gasteiger partial charge in [-0.3, -0.25) is 0 Å². The first-order chi connectivity index (χ1) is 8.76. The van der Waals surface area contributed by atoms with Crippen LogP contribution in [0.4, 0.5) is 4.79 Å². The lowest BCUT2D eigenvalue weighted by atomic mass is 9.76. The van der Waals surface area contributed by atoms with E-state index in [2.05, 4.69) is 19.2 Å². The molecular formula is C15H28N2O2. The molecule has 0 aromatic rings. The van der Waals surface area contributed by atoms with Crippen molar-refractivity contribution >= 4 is 6.09 Å². The molecule has 2 heterocycles. The second kappa shape index (κ2) is 5.31. The number of hydrogen-bond acceptors (Lipinski definition) is 3. The lowest BCUT2D eigenvalue weighted by molar-refractivity contribution is -0.0187. The van der Waals surface area contributed by atoms with Crippen LogP contribution in [-0.2, 0) is 4.74 Å². The molecule has 2 rings (SSSR count). The number of nitrogens with one attached hydrogen (secondary N) is 1. The smallest absolute Gasteiger partial charge is 0.410 e. The standard InChI is InChI=1S/C15H28N2O2/c1-10-6-7-13(11(2)16-10)12-8-17(9-12)14(18)19-15(3,4)5/h10-13,16H,6-9H2,1-5H3. The lowest BCUT2D eigenvalue weighted by Crippen LogP contribution is -2.58. The Kier molecular flexibility index (Phi) is 4.09. The zero-order chi connectivity index (χ0) is 14.2. The summed E-state index contributed by atoms with van der Waals surface area (Å²) in [5.74, 6) is 1.34. The number of rotatable bonds is 1. The van der Waals surface area contributed by atoms with Gasteiger partial charge in [-0.05, 0) is 59.3 Å². The van der Waals surface area contributed by atoms with Crippen LogP contribution < -0.4 is 5.32 Å². The van der Waals surface area contributed by atoms with Crippen molar-refractivity contribution in [2.45, 2.75) is 65.1 Å². The van der Waals surface area contributed by atoms with Gasteiger partial charge in [-0.25, -0.2) is 4.79 Å². The Balaban J connectivity index is 1.78. The van der Waals surface area contributed by atoms with Crippen LogP contribution in [0.15, 0.2) is 0 Å². The topological polar surface area (TPSA) is 41.6 Å². The summed E-state index contributed by atoms with van der Waals surface area (Å²) in [6.07, 6.45) is 2.37. The van der Waals surface area contributed by atoms with Gasteiger partial charge in [0.15, 0.2) is 0 Å². The SMILES string of the molecule is CC1CCC(C2CN(C(=O)OC(C)(C)C)C2)C(C)N1. The maximum absolute atomic E-state index is 11.9. The van der Waals surface area contributed by atoms with Crippen molar-refractivity contribution in [3.05, 3.63) is 0 Å². The van der Waals surface area contributed by atoms with Gasteiger partial charge in [0.2, 0.25) is 0 Å². The summed E-state index contributed by atoms with van der Waals surface area (Å²) in [5, 5.41) is 3.63. The summed E-state index contributed by atoms with van der Waals surface area (Å²) in [4.78, 5) is 13.7. The minimum Gasteiger partial charge on any atom is -0.444 e. The highest BCUT2D eigenvalue weighted by molar-refractivity contribution is 5.69. The van der Waals surface area contributed by atoms with Crippen molar-refractivity contribution in [3.8, 4) is 0 Å². The summed E-state index contributed by atoms with van der Waals surface area (Å²) >= 11 is 0. The minimum atomic E-state index is -0.392. The number of likely N-dealkylation sites (tertiary alicyclic amines) is 1. The largest absolute Gasteiger partial charge is 0.444 e. The molecule has 1 amide bonds. The summed E-state index contributed by atoms with van der Waals surface area (Å²) in [7, 11) is 0. The Labute approximate surface area is 116 Å². The van der Waals surface area contributed by atoms with Crippen LogP contribution in [0.1, 0.15) is 47.5 Å². The molecule has 19 heavy (non-hydrogen) atoms. The Morgan fingerprint density at radius 3 is 2.37 bits per heavy atom. The Morgan fingerprint density at radius 2 is 1.84 bits per heavy atom. The first-order valence-electron chi connectivity index (χ1n) is 7.50. The quantitative estimate of drug-likeness (QED) is 0.795. The highest BCUT2D eigenvalue weighted by Gasteiger charge is 2.41. The molecule has 3 unspecified atom stereocenters. The van der Waals surface area contributed by atoms with Gasteiger partial charge in [-0.15, -0.1) is 0 Å². The van der Waals surface area contributed by atoms with Gasteiger partial charge in [0, 0.05) is 25.2 Å². The maximum Gasteiger partial charge on any atom is 0.410 e. The van der Waals surface area contributed by atoms with Gasteiger partial charge < -0.3 is 15.0 Å². The molecule has 2 aliphatic heterocycles. The summed E-state index contributed by atoms with van der Waals surface area (Å²) in [6, 6.07) is 1.20. The zero-order valence-electron chi connectivity index (χ0n) is 12.9. The van der Waals surface area contributed by atoms with E-state index in [0.717, 1.165) is 13.1 Å². The fourth-order valence-electron chi connectivity index (χ4n) is 3.25. The van der Waals surface area contributed by atoms with E-state index in [9.17, 15) is 4.79 Å². The van der Waals surface area contributed by atoms with Crippen molar-refractivity contribution in [3.63, 3.8) is 0 Å². The summed E-state index contributed by atoms with van der Waals surface area (Å²) in [5.41, 5.74) is -0.392. The maximum atomic E-state index is 11.9. The molecule has 4 heteroatoms. The highest BCUT2D eigenvalue weighted by atomic mass is 16.6. The van der Waals surface area contributed by atoms with Gasteiger partial charge in [0.1, 0.15) is 5.60 Å². The predicted molar refractivity (Wildman–Crippen MR) is 76.1 cm³/mol. The van der Waals surface area contributed by atoms with Crippen LogP contribution in [0.5, 0.6) is 0 Å². The average molecular weight is 268 g/mol. The predicted octanol–water partition coefficient (Wildman–Crippen LogP) is 2.63. The number of nitrogens with zero attached hydrogens (tertiary/aromatic N) is 1. The van der Waals surface area contributed by atoms with E-state index in [1.807, 2.05) is 25.7 Å². The number of amides is 1. The van der Waals surface area contributed by atoms with Crippen LogP contribution in [-0.4, -0.2) is 41.8 Å². The molecule has 0 bridgehead atoms. The molecular weight excluding hydrogens is 240 g/mol. The van der Waals surface area contributed by atoms with Crippen LogP contribution in [0.2, 0.25) is 0 Å². The summed E-state index contributed by atoms with van der Waals surface area (Å²) < 4.78 is 5.39. The van der Waals surface area contributed by atoms with E-state index >= 15 is 0 Å². The van der Waals surface area contributed by atoms with Crippen molar-refractivity contribution in [1.29, 1.82) is 0 Å². The van der Waals surface area contributed by atoms with Crippen LogP contribution in [0, 0.1) is 11.8 Å². The van der Waals surface area contributed by atoms with E-state index in [1.165, 1.54) is 12.8 Å². The van der Waals surface area contributed by atoms with Crippen LogP contribution in [0.3, 0.4) is 0 Å². The monoisotopic (exact) mass is 268 g/mol. The molecule has 2 fully saturated rings. The number of hydrogen-bond donors (Lipinski definition) is 1.